The average molecular weight is 785 g/mol. The zero-order valence-electron chi connectivity index (χ0n) is 34.1. The van der Waals surface area contributed by atoms with Crippen LogP contribution in [0.4, 0.5) is 0 Å². The summed E-state index contributed by atoms with van der Waals surface area (Å²) in [7, 11) is 0. The third-order valence-electron chi connectivity index (χ3n) is 12.8. The van der Waals surface area contributed by atoms with Crippen molar-refractivity contribution in [3.63, 3.8) is 0 Å². The zero-order valence-corrected chi connectivity index (χ0v) is 34.1. The molecule has 0 fully saturated rings. The minimum atomic E-state index is 1.20. The van der Waals surface area contributed by atoms with Crippen LogP contribution in [0.25, 0.3) is 121 Å². The van der Waals surface area contributed by atoms with Crippen molar-refractivity contribution in [2.75, 3.05) is 0 Å². The molecule has 0 aromatic heterocycles. The van der Waals surface area contributed by atoms with E-state index in [0.29, 0.717) is 0 Å². The molecule has 0 saturated heterocycles. The first-order valence-corrected chi connectivity index (χ1v) is 21.5. The van der Waals surface area contributed by atoms with Gasteiger partial charge in [0.2, 0.25) is 0 Å². The van der Waals surface area contributed by atoms with Gasteiger partial charge in [-0.15, -0.1) is 0 Å². The fraction of sp³-hybridized carbons (Fsp3) is 0. The van der Waals surface area contributed by atoms with E-state index in [1.165, 1.54) is 121 Å². The summed E-state index contributed by atoms with van der Waals surface area (Å²) in [5, 5.41) is 12.5. The summed E-state index contributed by atoms with van der Waals surface area (Å²) >= 11 is 0. The molecular weight excluding hydrogens is 745 g/mol. The third-order valence-corrected chi connectivity index (χ3v) is 12.8. The monoisotopic (exact) mass is 784 g/mol. The largest absolute Gasteiger partial charge is 0.0622 e. The highest BCUT2D eigenvalue weighted by molar-refractivity contribution is 6.24. The molecule has 0 radical (unpaired) electrons. The molecule has 12 rings (SSSR count). The Labute approximate surface area is 361 Å². The van der Waals surface area contributed by atoms with Crippen LogP contribution in [0, 0.1) is 0 Å². The topological polar surface area (TPSA) is 0 Å². The lowest BCUT2D eigenvalue weighted by Crippen LogP contribution is -1.93. The summed E-state index contributed by atoms with van der Waals surface area (Å²) in [6.07, 6.45) is 0. The fourth-order valence-electron chi connectivity index (χ4n) is 9.97. The van der Waals surface area contributed by atoms with Crippen molar-refractivity contribution >= 4 is 53.9 Å². The van der Waals surface area contributed by atoms with Crippen molar-refractivity contribution in [3.05, 3.63) is 243 Å². The van der Waals surface area contributed by atoms with E-state index in [1.54, 1.807) is 0 Å². The first kappa shape index (κ1) is 35.8. The van der Waals surface area contributed by atoms with Crippen molar-refractivity contribution in [2.24, 2.45) is 0 Å². The maximum atomic E-state index is 2.41. The van der Waals surface area contributed by atoms with E-state index in [2.05, 4.69) is 243 Å². The van der Waals surface area contributed by atoms with E-state index >= 15 is 0 Å². The van der Waals surface area contributed by atoms with Gasteiger partial charge < -0.3 is 0 Å². The highest BCUT2D eigenvalue weighted by Crippen LogP contribution is 2.48. The number of hydrogen-bond acceptors (Lipinski definition) is 0. The van der Waals surface area contributed by atoms with Gasteiger partial charge >= 0.3 is 0 Å². The van der Waals surface area contributed by atoms with Crippen LogP contribution in [-0.2, 0) is 0 Å². The van der Waals surface area contributed by atoms with E-state index in [4.69, 9.17) is 0 Å². The van der Waals surface area contributed by atoms with Gasteiger partial charge in [0.25, 0.3) is 0 Å². The Hall–Kier alpha value is -8.06. The molecule has 288 valence electrons. The standard InChI is InChI=1S/C62H40/c1-4-16-41(17-5-1)48-35-37-56-57(39-48)60(44-21-8-3-9-22-44)55-36-34-49(42-18-6-2-7-19-42)40-58(55)61(56)46-31-29-45(30-32-46)59-51-24-12-14-26-53(51)62(54-27-15-13-25-52(54)59)50-33-28-43-20-10-11-23-47(43)38-50/h1-40H. The van der Waals surface area contributed by atoms with Gasteiger partial charge in [-0.25, -0.2) is 0 Å². The Bertz CT molecular complexity index is 3580. The van der Waals surface area contributed by atoms with Crippen LogP contribution in [0.15, 0.2) is 243 Å². The highest BCUT2D eigenvalue weighted by atomic mass is 14.2. The molecule has 0 amide bonds. The molecule has 0 bridgehead atoms. The molecular formula is C62H40. The van der Waals surface area contributed by atoms with Crippen molar-refractivity contribution < 1.29 is 0 Å². The molecule has 12 aromatic carbocycles. The second-order valence-corrected chi connectivity index (χ2v) is 16.3. The second kappa shape index (κ2) is 14.9. The first-order valence-electron chi connectivity index (χ1n) is 21.5. The molecule has 0 aliphatic rings. The molecule has 0 aliphatic carbocycles. The summed E-state index contributed by atoms with van der Waals surface area (Å²) in [5.74, 6) is 0. The van der Waals surface area contributed by atoms with E-state index in [9.17, 15) is 0 Å². The van der Waals surface area contributed by atoms with E-state index in [1.807, 2.05) is 0 Å². The minimum absolute atomic E-state index is 1.20. The summed E-state index contributed by atoms with van der Waals surface area (Å²) in [5.41, 5.74) is 14.8. The van der Waals surface area contributed by atoms with E-state index < -0.39 is 0 Å². The van der Waals surface area contributed by atoms with Crippen LogP contribution in [-0.4, -0.2) is 0 Å². The van der Waals surface area contributed by atoms with Crippen molar-refractivity contribution in [1.29, 1.82) is 0 Å². The van der Waals surface area contributed by atoms with Crippen LogP contribution < -0.4 is 0 Å². The SMILES string of the molecule is c1ccc(-c2ccc3c(-c4ccc(-c5c6ccccc6c(-c6ccc7ccccc7c6)c6ccccc56)cc4)c4cc(-c5ccccc5)ccc4c(-c4ccccc4)c3c2)cc1. The minimum Gasteiger partial charge on any atom is -0.0622 e. The Morgan fingerprint density at radius 1 is 0.145 bits per heavy atom. The Kier molecular flexibility index (Phi) is 8.61. The molecule has 0 atom stereocenters. The third kappa shape index (κ3) is 5.99. The maximum Gasteiger partial charge on any atom is -0.00261 e. The predicted molar refractivity (Wildman–Crippen MR) is 267 cm³/mol. The number of rotatable bonds is 6. The number of benzene rings is 12. The van der Waals surface area contributed by atoms with Crippen LogP contribution in [0.5, 0.6) is 0 Å². The molecule has 0 spiro atoms. The maximum absolute atomic E-state index is 2.41. The lowest BCUT2D eigenvalue weighted by Gasteiger charge is -2.20. The fourth-order valence-corrected chi connectivity index (χ4v) is 9.97. The Morgan fingerprint density at radius 3 is 0.919 bits per heavy atom. The zero-order chi connectivity index (χ0) is 41.0. The first-order chi connectivity index (χ1) is 30.8. The van der Waals surface area contributed by atoms with Gasteiger partial charge in [0.05, 0.1) is 0 Å². The van der Waals surface area contributed by atoms with Gasteiger partial charge in [-0.1, -0.05) is 224 Å². The van der Waals surface area contributed by atoms with Crippen molar-refractivity contribution in [3.8, 4) is 66.8 Å². The van der Waals surface area contributed by atoms with Crippen LogP contribution >= 0.6 is 0 Å². The molecule has 0 nitrogen and oxygen atoms in total. The molecule has 0 unspecified atom stereocenters. The smallest absolute Gasteiger partial charge is 0.00261 e. The quantitative estimate of drug-likeness (QED) is 0.147. The highest BCUT2D eigenvalue weighted by Gasteiger charge is 2.20. The predicted octanol–water partition coefficient (Wildman–Crippen LogP) is 17.5. The lowest BCUT2D eigenvalue weighted by molar-refractivity contribution is 1.61. The van der Waals surface area contributed by atoms with E-state index in [-0.39, 0.29) is 0 Å². The number of hydrogen-bond donors (Lipinski definition) is 0. The normalized spacial score (nSPS) is 11.5. The summed E-state index contributed by atoms with van der Waals surface area (Å²) in [4.78, 5) is 0. The second-order valence-electron chi connectivity index (χ2n) is 16.3. The lowest BCUT2D eigenvalue weighted by atomic mass is 9.83. The Balaban J connectivity index is 1.10. The van der Waals surface area contributed by atoms with Gasteiger partial charge in [0, 0.05) is 0 Å². The molecule has 0 heterocycles. The average Bonchev–Trinajstić information content (AvgIpc) is 3.35. The molecule has 0 heteroatoms. The number of fused-ring (bicyclic) bond motifs is 5. The van der Waals surface area contributed by atoms with Gasteiger partial charge in [0.1, 0.15) is 0 Å². The summed E-state index contributed by atoms with van der Waals surface area (Å²) < 4.78 is 0. The van der Waals surface area contributed by atoms with Crippen LogP contribution in [0.2, 0.25) is 0 Å². The van der Waals surface area contributed by atoms with Crippen LogP contribution in [0.1, 0.15) is 0 Å². The Morgan fingerprint density at radius 2 is 0.452 bits per heavy atom. The molecule has 0 aliphatic heterocycles. The van der Waals surface area contributed by atoms with Gasteiger partial charge in [-0.2, -0.15) is 0 Å². The molecule has 62 heavy (non-hydrogen) atoms. The van der Waals surface area contributed by atoms with Gasteiger partial charge in [-0.05, 0) is 139 Å². The van der Waals surface area contributed by atoms with Crippen molar-refractivity contribution in [1.82, 2.24) is 0 Å². The molecule has 12 aromatic rings. The van der Waals surface area contributed by atoms with Crippen LogP contribution in [0.3, 0.4) is 0 Å². The van der Waals surface area contributed by atoms with Gasteiger partial charge in [-0.3, -0.25) is 0 Å². The molecule has 0 N–H and O–H groups in total. The van der Waals surface area contributed by atoms with Gasteiger partial charge in [0.15, 0.2) is 0 Å². The summed E-state index contributed by atoms with van der Waals surface area (Å²) in [6.45, 7) is 0. The molecule has 0 saturated carbocycles. The van der Waals surface area contributed by atoms with Crippen molar-refractivity contribution in [2.45, 2.75) is 0 Å². The summed E-state index contributed by atoms with van der Waals surface area (Å²) in [6, 6.07) is 89.4. The van der Waals surface area contributed by atoms with E-state index in [0.717, 1.165) is 0 Å².